The summed E-state index contributed by atoms with van der Waals surface area (Å²) in [7, 11) is 0. The maximum Gasteiger partial charge on any atom is 0.326 e. The summed E-state index contributed by atoms with van der Waals surface area (Å²) in [6, 6.07) is -1.32. The number of carboxylic acid groups (broad SMARTS) is 1. The standard InChI is InChI=1S/C10H13N3O5/c1-5-6(4-18-13-5)2-9(15)12-7(10(16)17)3-8(11)14/h4,7H,2-3H2,1H3,(H2,11,14)(H,12,15)(H,16,17)/t7-/m0/s1. The Morgan fingerprint density at radius 2 is 2.22 bits per heavy atom. The van der Waals surface area contributed by atoms with E-state index in [0.29, 0.717) is 11.3 Å². The van der Waals surface area contributed by atoms with Crippen LogP contribution < -0.4 is 11.1 Å². The van der Waals surface area contributed by atoms with Crippen molar-refractivity contribution in [3.8, 4) is 0 Å². The average Bonchev–Trinajstić information content (AvgIpc) is 2.62. The van der Waals surface area contributed by atoms with Gasteiger partial charge in [-0.05, 0) is 6.92 Å². The average molecular weight is 255 g/mol. The quantitative estimate of drug-likeness (QED) is 0.594. The first-order valence-electron chi connectivity index (χ1n) is 5.10. The predicted octanol–water partition coefficient (Wildman–Crippen LogP) is -1.03. The first-order valence-corrected chi connectivity index (χ1v) is 5.10. The van der Waals surface area contributed by atoms with Crippen molar-refractivity contribution in [2.75, 3.05) is 0 Å². The molecule has 0 radical (unpaired) electrons. The zero-order chi connectivity index (χ0) is 13.7. The molecule has 1 rings (SSSR count). The highest BCUT2D eigenvalue weighted by molar-refractivity contribution is 5.88. The number of aryl methyl sites for hydroxylation is 1. The van der Waals surface area contributed by atoms with Crippen LogP contribution in [0, 0.1) is 6.92 Å². The van der Waals surface area contributed by atoms with Gasteiger partial charge in [0.15, 0.2) is 0 Å². The Hall–Kier alpha value is -2.38. The van der Waals surface area contributed by atoms with Gasteiger partial charge in [0.05, 0.1) is 18.5 Å². The molecule has 0 bridgehead atoms. The number of hydrogen-bond acceptors (Lipinski definition) is 5. The van der Waals surface area contributed by atoms with Crippen LogP contribution in [0.15, 0.2) is 10.8 Å². The van der Waals surface area contributed by atoms with E-state index in [4.69, 9.17) is 10.8 Å². The van der Waals surface area contributed by atoms with Crippen molar-refractivity contribution < 1.29 is 24.0 Å². The van der Waals surface area contributed by atoms with Gasteiger partial charge in [-0.25, -0.2) is 4.79 Å². The molecule has 1 aromatic rings. The fourth-order valence-electron chi connectivity index (χ4n) is 1.30. The molecule has 18 heavy (non-hydrogen) atoms. The smallest absolute Gasteiger partial charge is 0.326 e. The van der Waals surface area contributed by atoms with Crippen LogP contribution in [0.5, 0.6) is 0 Å². The molecule has 0 unspecified atom stereocenters. The highest BCUT2D eigenvalue weighted by atomic mass is 16.5. The molecule has 8 heteroatoms. The van der Waals surface area contributed by atoms with Crippen molar-refractivity contribution >= 4 is 17.8 Å². The molecule has 0 aromatic carbocycles. The van der Waals surface area contributed by atoms with E-state index in [2.05, 4.69) is 15.0 Å². The first-order chi connectivity index (χ1) is 8.40. The summed E-state index contributed by atoms with van der Waals surface area (Å²) in [4.78, 5) is 33.0. The van der Waals surface area contributed by atoms with E-state index in [9.17, 15) is 14.4 Å². The van der Waals surface area contributed by atoms with Gasteiger partial charge in [0.1, 0.15) is 12.3 Å². The van der Waals surface area contributed by atoms with Crippen LogP contribution in [0.3, 0.4) is 0 Å². The second-order valence-corrected chi connectivity index (χ2v) is 3.73. The summed E-state index contributed by atoms with van der Waals surface area (Å²) in [5.74, 6) is -2.66. The molecule has 0 spiro atoms. The molecule has 0 fully saturated rings. The van der Waals surface area contributed by atoms with Crippen LogP contribution in [-0.2, 0) is 20.8 Å². The lowest BCUT2D eigenvalue weighted by Gasteiger charge is -2.12. The Morgan fingerprint density at radius 3 is 2.67 bits per heavy atom. The van der Waals surface area contributed by atoms with Crippen molar-refractivity contribution in [1.29, 1.82) is 0 Å². The van der Waals surface area contributed by atoms with E-state index in [0.717, 1.165) is 0 Å². The van der Waals surface area contributed by atoms with Crippen LogP contribution >= 0.6 is 0 Å². The molecule has 0 aliphatic heterocycles. The molecule has 0 aliphatic rings. The van der Waals surface area contributed by atoms with Crippen molar-refractivity contribution in [3.63, 3.8) is 0 Å². The Kier molecular flexibility index (Phi) is 4.41. The van der Waals surface area contributed by atoms with Crippen LogP contribution in [0.4, 0.5) is 0 Å². The summed E-state index contributed by atoms with van der Waals surface area (Å²) < 4.78 is 4.64. The largest absolute Gasteiger partial charge is 0.480 e. The molecule has 1 heterocycles. The Balaban J connectivity index is 2.59. The van der Waals surface area contributed by atoms with Crippen LogP contribution in [0.25, 0.3) is 0 Å². The lowest BCUT2D eigenvalue weighted by atomic mass is 10.1. The number of aromatic nitrogens is 1. The second kappa shape index (κ2) is 5.80. The predicted molar refractivity (Wildman–Crippen MR) is 58.3 cm³/mol. The lowest BCUT2D eigenvalue weighted by molar-refractivity contribution is -0.143. The van der Waals surface area contributed by atoms with Gasteiger partial charge in [0.2, 0.25) is 11.8 Å². The maximum atomic E-state index is 11.6. The third-order valence-corrected chi connectivity index (χ3v) is 2.24. The highest BCUT2D eigenvalue weighted by Gasteiger charge is 2.22. The number of nitrogens with two attached hydrogens (primary N) is 1. The lowest BCUT2D eigenvalue weighted by Crippen LogP contribution is -2.43. The van der Waals surface area contributed by atoms with Gasteiger partial charge in [-0.15, -0.1) is 0 Å². The number of aliphatic carboxylic acids is 1. The van der Waals surface area contributed by atoms with E-state index in [-0.39, 0.29) is 6.42 Å². The van der Waals surface area contributed by atoms with Gasteiger partial charge < -0.3 is 20.7 Å². The fourth-order valence-corrected chi connectivity index (χ4v) is 1.30. The summed E-state index contributed by atoms with van der Waals surface area (Å²) in [6.45, 7) is 1.66. The molecule has 8 nitrogen and oxygen atoms in total. The first kappa shape index (κ1) is 13.7. The number of primary amides is 1. The third-order valence-electron chi connectivity index (χ3n) is 2.24. The normalized spacial score (nSPS) is 11.8. The van der Waals surface area contributed by atoms with Crippen molar-refractivity contribution in [2.45, 2.75) is 25.8 Å². The molecule has 98 valence electrons. The molecule has 4 N–H and O–H groups in total. The highest BCUT2D eigenvalue weighted by Crippen LogP contribution is 2.06. The van der Waals surface area contributed by atoms with Gasteiger partial charge >= 0.3 is 5.97 Å². The van der Waals surface area contributed by atoms with Gasteiger partial charge in [0.25, 0.3) is 0 Å². The van der Waals surface area contributed by atoms with E-state index in [1.165, 1.54) is 6.26 Å². The van der Waals surface area contributed by atoms with Gasteiger partial charge in [-0.3, -0.25) is 9.59 Å². The van der Waals surface area contributed by atoms with Gasteiger partial charge in [0, 0.05) is 5.56 Å². The molecular weight excluding hydrogens is 242 g/mol. The maximum absolute atomic E-state index is 11.6. The monoisotopic (exact) mass is 255 g/mol. The van der Waals surface area contributed by atoms with E-state index in [1.54, 1.807) is 6.92 Å². The second-order valence-electron chi connectivity index (χ2n) is 3.73. The third kappa shape index (κ3) is 3.89. The van der Waals surface area contributed by atoms with Crippen molar-refractivity contribution in [3.05, 3.63) is 17.5 Å². The van der Waals surface area contributed by atoms with E-state index >= 15 is 0 Å². The zero-order valence-corrected chi connectivity index (χ0v) is 9.67. The Bertz CT molecular complexity index is 468. The number of hydrogen-bond donors (Lipinski definition) is 3. The summed E-state index contributed by atoms with van der Waals surface area (Å²) in [6.07, 6.45) is 0.778. The summed E-state index contributed by atoms with van der Waals surface area (Å²) in [5, 5.41) is 14.6. The zero-order valence-electron chi connectivity index (χ0n) is 9.67. The fraction of sp³-hybridized carbons (Fsp3) is 0.400. The summed E-state index contributed by atoms with van der Waals surface area (Å²) >= 11 is 0. The van der Waals surface area contributed by atoms with E-state index < -0.39 is 30.2 Å². The van der Waals surface area contributed by atoms with Crippen LogP contribution in [0.2, 0.25) is 0 Å². The molecule has 2 amide bonds. The minimum atomic E-state index is -1.32. The minimum absolute atomic E-state index is 0.0716. The van der Waals surface area contributed by atoms with Crippen LogP contribution in [-0.4, -0.2) is 34.1 Å². The molecule has 1 aromatic heterocycles. The Morgan fingerprint density at radius 1 is 1.56 bits per heavy atom. The molecule has 1 atom stereocenters. The number of rotatable bonds is 6. The van der Waals surface area contributed by atoms with Gasteiger partial charge in [-0.1, -0.05) is 5.16 Å². The number of nitrogens with one attached hydrogen (secondary N) is 1. The Labute approximate surface area is 102 Å². The molecule has 0 saturated heterocycles. The summed E-state index contributed by atoms with van der Waals surface area (Å²) in [5.41, 5.74) is 5.99. The SMILES string of the molecule is Cc1nocc1CC(=O)N[C@@H](CC(N)=O)C(=O)O. The van der Waals surface area contributed by atoms with Crippen LogP contribution in [0.1, 0.15) is 17.7 Å². The van der Waals surface area contributed by atoms with E-state index in [1.807, 2.05) is 0 Å². The molecule has 0 saturated carbocycles. The molecule has 0 aliphatic carbocycles. The number of carbonyl (C=O) groups is 3. The molecular formula is C10H13N3O5. The number of carbonyl (C=O) groups excluding carboxylic acids is 2. The van der Waals surface area contributed by atoms with Gasteiger partial charge in [-0.2, -0.15) is 0 Å². The van der Waals surface area contributed by atoms with Crippen molar-refractivity contribution in [2.24, 2.45) is 5.73 Å². The van der Waals surface area contributed by atoms with Crippen molar-refractivity contribution in [1.82, 2.24) is 10.5 Å². The minimum Gasteiger partial charge on any atom is -0.480 e. The number of amides is 2. The topological polar surface area (TPSA) is 136 Å². The number of carboxylic acids is 1. The number of nitrogens with zero attached hydrogens (tertiary/aromatic N) is 1.